The number of hydrogen-bond acceptors (Lipinski definition) is 3. The lowest BCUT2D eigenvalue weighted by atomic mass is 10.0. The van der Waals surface area contributed by atoms with Gasteiger partial charge in [-0.2, -0.15) is 0 Å². The van der Waals surface area contributed by atoms with Crippen molar-refractivity contribution in [2.24, 2.45) is 0 Å². The Morgan fingerprint density at radius 2 is 1.71 bits per heavy atom. The summed E-state index contributed by atoms with van der Waals surface area (Å²) in [5.41, 5.74) is 3.22. The van der Waals surface area contributed by atoms with Crippen molar-refractivity contribution in [3.8, 4) is 5.75 Å². The van der Waals surface area contributed by atoms with Crippen LogP contribution in [0.1, 0.15) is 27.2 Å². The first-order valence-corrected chi connectivity index (χ1v) is 6.78. The number of ether oxygens (including phenoxy) is 1. The van der Waals surface area contributed by atoms with Crippen molar-refractivity contribution in [2.45, 2.75) is 13.8 Å². The molecular weight excluding hydrogens is 264 g/mol. The molecule has 0 aliphatic carbocycles. The van der Waals surface area contributed by atoms with Crippen LogP contribution < -0.4 is 4.74 Å². The third-order valence-electron chi connectivity index (χ3n) is 3.58. The molecule has 0 aliphatic rings. The third-order valence-corrected chi connectivity index (χ3v) is 3.58. The van der Waals surface area contributed by atoms with E-state index in [1.165, 1.54) is 0 Å². The maximum atomic E-state index is 12.6. The van der Waals surface area contributed by atoms with E-state index in [0.29, 0.717) is 11.3 Å². The minimum Gasteiger partial charge on any atom is -0.496 e. The van der Waals surface area contributed by atoms with Crippen molar-refractivity contribution in [3.05, 3.63) is 64.9 Å². The number of aryl methyl sites for hydroxylation is 2. The lowest BCUT2D eigenvalue weighted by Crippen LogP contribution is -2.02. The van der Waals surface area contributed by atoms with Gasteiger partial charge in [0.25, 0.3) is 0 Å². The Balaban J connectivity index is 2.05. The molecular formula is C18H16O3. The van der Waals surface area contributed by atoms with E-state index in [2.05, 4.69) is 0 Å². The Labute approximate surface area is 123 Å². The Morgan fingerprint density at radius 1 is 1.05 bits per heavy atom. The van der Waals surface area contributed by atoms with Gasteiger partial charge in [-0.05, 0) is 49.2 Å². The van der Waals surface area contributed by atoms with Crippen LogP contribution in [0, 0.1) is 13.8 Å². The Morgan fingerprint density at radius 3 is 2.33 bits per heavy atom. The molecule has 0 amide bonds. The first kappa shape index (κ1) is 13.4. The summed E-state index contributed by atoms with van der Waals surface area (Å²) < 4.78 is 11.0. The molecule has 3 rings (SSSR count). The molecule has 106 valence electrons. The van der Waals surface area contributed by atoms with Gasteiger partial charge in [0.2, 0.25) is 5.78 Å². The van der Waals surface area contributed by atoms with E-state index in [0.717, 1.165) is 27.8 Å². The highest BCUT2D eigenvalue weighted by molar-refractivity contribution is 6.09. The van der Waals surface area contributed by atoms with E-state index in [4.69, 9.17) is 9.15 Å². The molecule has 3 aromatic rings. The number of carbonyl (C=O) groups excluding carboxylic acids is 1. The third kappa shape index (κ3) is 2.31. The zero-order chi connectivity index (χ0) is 15.0. The minimum atomic E-state index is -0.111. The highest BCUT2D eigenvalue weighted by Crippen LogP contribution is 2.27. The van der Waals surface area contributed by atoms with Crippen LogP contribution in [0.4, 0.5) is 0 Å². The fourth-order valence-corrected chi connectivity index (χ4v) is 2.64. The SMILES string of the molecule is COc1c(C)cc(C(=O)c2cc3ccccc3o2)cc1C. The van der Waals surface area contributed by atoms with Gasteiger partial charge in [-0.1, -0.05) is 18.2 Å². The topological polar surface area (TPSA) is 39.4 Å². The highest BCUT2D eigenvalue weighted by Gasteiger charge is 2.17. The Kier molecular flexibility index (Phi) is 3.26. The van der Waals surface area contributed by atoms with Crippen LogP contribution in [0.15, 0.2) is 46.9 Å². The number of para-hydroxylation sites is 1. The van der Waals surface area contributed by atoms with E-state index in [1.807, 2.05) is 50.2 Å². The molecule has 0 unspecified atom stereocenters. The lowest BCUT2D eigenvalue weighted by molar-refractivity contribution is 0.101. The van der Waals surface area contributed by atoms with Gasteiger partial charge < -0.3 is 9.15 Å². The average molecular weight is 280 g/mol. The van der Waals surface area contributed by atoms with E-state index >= 15 is 0 Å². The summed E-state index contributed by atoms with van der Waals surface area (Å²) in [6.45, 7) is 3.86. The second kappa shape index (κ2) is 5.09. The van der Waals surface area contributed by atoms with Crippen LogP contribution in [0.3, 0.4) is 0 Å². The van der Waals surface area contributed by atoms with Crippen molar-refractivity contribution in [2.75, 3.05) is 7.11 Å². The summed E-state index contributed by atoms with van der Waals surface area (Å²) in [5.74, 6) is 1.07. The van der Waals surface area contributed by atoms with E-state index in [9.17, 15) is 4.79 Å². The summed E-state index contributed by atoms with van der Waals surface area (Å²) in [6, 6.07) is 13.1. The van der Waals surface area contributed by atoms with Gasteiger partial charge in [-0.15, -0.1) is 0 Å². The predicted molar refractivity (Wildman–Crippen MR) is 82.1 cm³/mol. The van der Waals surface area contributed by atoms with E-state index < -0.39 is 0 Å². The molecule has 0 bridgehead atoms. The molecule has 3 nitrogen and oxygen atoms in total. The molecule has 1 aromatic heterocycles. The molecule has 3 heteroatoms. The van der Waals surface area contributed by atoms with Gasteiger partial charge >= 0.3 is 0 Å². The average Bonchev–Trinajstić information content (AvgIpc) is 2.90. The summed E-state index contributed by atoms with van der Waals surface area (Å²) in [7, 11) is 1.63. The van der Waals surface area contributed by atoms with E-state index in [1.54, 1.807) is 13.2 Å². The number of benzene rings is 2. The van der Waals surface area contributed by atoms with Crippen LogP contribution in [0.2, 0.25) is 0 Å². The van der Waals surface area contributed by atoms with Crippen molar-refractivity contribution >= 4 is 16.8 Å². The molecule has 2 aromatic carbocycles. The van der Waals surface area contributed by atoms with E-state index in [-0.39, 0.29) is 5.78 Å². The zero-order valence-corrected chi connectivity index (χ0v) is 12.3. The maximum Gasteiger partial charge on any atom is 0.228 e. The summed E-state index contributed by atoms with van der Waals surface area (Å²) in [5, 5.41) is 0.933. The molecule has 0 saturated carbocycles. The fourth-order valence-electron chi connectivity index (χ4n) is 2.64. The molecule has 0 spiro atoms. The Bertz CT molecular complexity index is 771. The molecule has 0 fully saturated rings. The predicted octanol–water partition coefficient (Wildman–Crippen LogP) is 4.29. The molecule has 0 radical (unpaired) electrons. The van der Waals surface area contributed by atoms with Gasteiger partial charge in [-0.3, -0.25) is 4.79 Å². The first-order chi connectivity index (χ1) is 10.1. The molecule has 0 N–H and O–H groups in total. The fraction of sp³-hybridized carbons (Fsp3) is 0.167. The van der Waals surface area contributed by atoms with Gasteiger partial charge in [0.05, 0.1) is 7.11 Å². The monoisotopic (exact) mass is 280 g/mol. The van der Waals surface area contributed by atoms with Crippen LogP contribution in [0.5, 0.6) is 5.75 Å². The van der Waals surface area contributed by atoms with Gasteiger partial charge in [0.15, 0.2) is 5.76 Å². The standard InChI is InChI=1S/C18H16O3/c1-11-8-14(9-12(2)18(11)20-3)17(19)16-10-13-6-4-5-7-15(13)21-16/h4-10H,1-3H3. The zero-order valence-electron chi connectivity index (χ0n) is 12.3. The van der Waals surface area contributed by atoms with Crippen molar-refractivity contribution in [3.63, 3.8) is 0 Å². The van der Waals surface area contributed by atoms with Gasteiger partial charge in [0.1, 0.15) is 11.3 Å². The summed E-state index contributed by atoms with van der Waals surface area (Å²) >= 11 is 0. The number of fused-ring (bicyclic) bond motifs is 1. The van der Waals surface area contributed by atoms with Crippen LogP contribution in [-0.4, -0.2) is 12.9 Å². The molecule has 0 atom stereocenters. The van der Waals surface area contributed by atoms with Gasteiger partial charge in [0, 0.05) is 10.9 Å². The second-order valence-corrected chi connectivity index (χ2v) is 5.12. The van der Waals surface area contributed by atoms with Crippen molar-refractivity contribution in [1.29, 1.82) is 0 Å². The van der Waals surface area contributed by atoms with Crippen molar-refractivity contribution in [1.82, 2.24) is 0 Å². The highest BCUT2D eigenvalue weighted by atomic mass is 16.5. The molecule has 0 saturated heterocycles. The smallest absolute Gasteiger partial charge is 0.228 e. The second-order valence-electron chi connectivity index (χ2n) is 5.12. The summed E-state index contributed by atoms with van der Waals surface area (Å²) in [6.07, 6.45) is 0. The number of methoxy groups -OCH3 is 1. The summed E-state index contributed by atoms with van der Waals surface area (Å²) in [4.78, 5) is 12.6. The van der Waals surface area contributed by atoms with Crippen LogP contribution in [0.25, 0.3) is 11.0 Å². The molecule has 0 aliphatic heterocycles. The maximum absolute atomic E-state index is 12.6. The quantitative estimate of drug-likeness (QED) is 0.672. The first-order valence-electron chi connectivity index (χ1n) is 6.78. The number of rotatable bonds is 3. The van der Waals surface area contributed by atoms with Gasteiger partial charge in [-0.25, -0.2) is 0 Å². The molecule has 21 heavy (non-hydrogen) atoms. The number of hydrogen-bond donors (Lipinski definition) is 0. The van der Waals surface area contributed by atoms with Crippen LogP contribution in [-0.2, 0) is 0 Å². The van der Waals surface area contributed by atoms with Crippen LogP contribution >= 0.6 is 0 Å². The normalized spacial score (nSPS) is 10.8. The van der Waals surface area contributed by atoms with Crippen molar-refractivity contribution < 1.29 is 13.9 Å². The molecule has 1 heterocycles. The lowest BCUT2D eigenvalue weighted by Gasteiger charge is -2.10. The number of ketones is 1. The minimum absolute atomic E-state index is 0.111. The number of furan rings is 1. The number of carbonyl (C=O) groups is 1. The largest absolute Gasteiger partial charge is 0.496 e. The Hall–Kier alpha value is -2.55.